The monoisotopic (exact) mass is 443 g/mol. The summed E-state index contributed by atoms with van der Waals surface area (Å²) >= 11 is 0. The van der Waals surface area contributed by atoms with E-state index in [9.17, 15) is 9.59 Å². The lowest BCUT2D eigenvalue weighted by Gasteiger charge is -2.34. The standard InChI is InChI=1S/C25H37N3O4/c1-31-21-15-20(16-22(17-21)32-2)8-7-19-9-13-27(14-10-19)18-28-23(29)25(26-24(28)30)11-5-3-4-6-12-25/h15-17,19H,3-14,18H2,1-2H3,(H,26,30). The molecule has 0 atom stereocenters. The molecule has 176 valence electrons. The molecule has 3 aliphatic rings. The van der Waals surface area contributed by atoms with Crippen molar-refractivity contribution in [1.29, 1.82) is 0 Å². The smallest absolute Gasteiger partial charge is 0.326 e. The van der Waals surface area contributed by atoms with Crippen LogP contribution in [-0.2, 0) is 11.2 Å². The molecule has 0 unspecified atom stereocenters. The van der Waals surface area contributed by atoms with Crippen LogP contribution in [0, 0.1) is 5.92 Å². The van der Waals surface area contributed by atoms with Crippen molar-refractivity contribution in [2.45, 2.75) is 69.7 Å². The third-order valence-corrected chi connectivity index (χ3v) is 7.50. The Kier molecular flexibility index (Phi) is 7.23. The minimum Gasteiger partial charge on any atom is -0.497 e. The van der Waals surface area contributed by atoms with Gasteiger partial charge in [-0.1, -0.05) is 25.7 Å². The molecular weight excluding hydrogens is 406 g/mol. The summed E-state index contributed by atoms with van der Waals surface area (Å²) in [6, 6.07) is 5.86. The minimum atomic E-state index is -0.635. The van der Waals surface area contributed by atoms with Gasteiger partial charge in [0.15, 0.2) is 0 Å². The zero-order chi connectivity index (χ0) is 22.6. The predicted molar refractivity (Wildman–Crippen MR) is 123 cm³/mol. The number of methoxy groups -OCH3 is 2. The van der Waals surface area contributed by atoms with Crippen molar-refractivity contribution < 1.29 is 19.1 Å². The molecule has 2 aliphatic heterocycles. The van der Waals surface area contributed by atoms with Gasteiger partial charge >= 0.3 is 6.03 Å². The number of amides is 3. The van der Waals surface area contributed by atoms with Gasteiger partial charge < -0.3 is 14.8 Å². The lowest BCUT2D eigenvalue weighted by molar-refractivity contribution is -0.133. The van der Waals surface area contributed by atoms with E-state index in [1.54, 1.807) is 14.2 Å². The maximum absolute atomic E-state index is 13.1. The number of nitrogens with one attached hydrogen (secondary N) is 1. The number of likely N-dealkylation sites (tertiary alicyclic amines) is 1. The average molecular weight is 444 g/mol. The van der Waals surface area contributed by atoms with Crippen molar-refractivity contribution in [2.24, 2.45) is 5.92 Å². The first-order valence-electron chi connectivity index (χ1n) is 12.1. The Morgan fingerprint density at radius 2 is 1.59 bits per heavy atom. The summed E-state index contributed by atoms with van der Waals surface area (Å²) < 4.78 is 10.8. The second-order valence-electron chi connectivity index (χ2n) is 9.62. The summed E-state index contributed by atoms with van der Waals surface area (Å²) in [6.07, 6.45) is 10.2. The molecule has 2 heterocycles. The molecule has 1 aromatic rings. The molecule has 0 radical (unpaired) electrons. The van der Waals surface area contributed by atoms with E-state index in [1.807, 2.05) is 6.07 Å². The number of carbonyl (C=O) groups excluding carboxylic acids is 2. The number of imide groups is 1. The number of benzene rings is 1. The van der Waals surface area contributed by atoms with Crippen molar-refractivity contribution in [3.05, 3.63) is 23.8 Å². The Labute approximate surface area is 191 Å². The first-order valence-corrected chi connectivity index (χ1v) is 12.1. The zero-order valence-corrected chi connectivity index (χ0v) is 19.5. The van der Waals surface area contributed by atoms with Gasteiger partial charge in [-0.2, -0.15) is 0 Å². The van der Waals surface area contributed by atoms with Crippen LogP contribution in [0.25, 0.3) is 0 Å². The van der Waals surface area contributed by atoms with Crippen molar-refractivity contribution in [2.75, 3.05) is 34.0 Å². The maximum atomic E-state index is 13.1. The summed E-state index contributed by atoms with van der Waals surface area (Å²) in [5.74, 6) is 2.31. The van der Waals surface area contributed by atoms with E-state index in [4.69, 9.17) is 9.47 Å². The second-order valence-corrected chi connectivity index (χ2v) is 9.62. The largest absolute Gasteiger partial charge is 0.497 e. The summed E-state index contributed by atoms with van der Waals surface area (Å²) in [7, 11) is 3.36. The van der Waals surface area contributed by atoms with Crippen LogP contribution in [0.5, 0.6) is 11.5 Å². The van der Waals surface area contributed by atoms with Crippen LogP contribution in [-0.4, -0.2) is 61.3 Å². The molecule has 2 saturated heterocycles. The SMILES string of the molecule is COc1cc(CCC2CCN(CN3C(=O)NC4(CCCCCC4)C3=O)CC2)cc(OC)c1. The summed E-state index contributed by atoms with van der Waals surface area (Å²) in [5.41, 5.74) is 0.598. The molecule has 0 bridgehead atoms. The number of carbonyl (C=O) groups is 2. The number of hydrogen-bond acceptors (Lipinski definition) is 5. The number of hydrogen-bond donors (Lipinski definition) is 1. The summed E-state index contributed by atoms with van der Waals surface area (Å²) in [4.78, 5) is 29.5. The molecule has 3 amide bonds. The third-order valence-electron chi connectivity index (χ3n) is 7.50. The number of nitrogens with zero attached hydrogens (tertiary/aromatic N) is 2. The number of rotatable bonds is 7. The third kappa shape index (κ3) is 5.03. The number of urea groups is 1. The molecule has 0 aromatic heterocycles. The molecule has 4 rings (SSSR count). The van der Waals surface area contributed by atoms with E-state index in [0.717, 1.165) is 88.8 Å². The van der Waals surface area contributed by atoms with Crippen LogP contribution < -0.4 is 14.8 Å². The summed E-state index contributed by atoms with van der Waals surface area (Å²) in [5, 5.41) is 3.05. The highest BCUT2D eigenvalue weighted by Crippen LogP contribution is 2.33. The van der Waals surface area contributed by atoms with Gasteiger partial charge in [-0.25, -0.2) is 9.69 Å². The van der Waals surface area contributed by atoms with Crippen molar-refractivity contribution in [3.63, 3.8) is 0 Å². The molecule has 32 heavy (non-hydrogen) atoms. The molecule has 1 aromatic carbocycles. The molecule has 7 heteroatoms. The van der Waals surface area contributed by atoms with E-state index in [2.05, 4.69) is 22.3 Å². The Bertz CT molecular complexity index is 789. The normalized spacial score (nSPS) is 22.1. The quantitative estimate of drug-likeness (QED) is 0.646. The fourth-order valence-corrected chi connectivity index (χ4v) is 5.47. The van der Waals surface area contributed by atoms with Crippen molar-refractivity contribution in [3.8, 4) is 11.5 Å². The fraction of sp³-hybridized carbons (Fsp3) is 0.680. The van der Waals surface area contributed by atoms with Crippen LogP contribution in [0.1, 0.15) is 63.4 Å². The average Bonchev–Trinajstić information content (AvgIpc) is 2.96. The second kappa shape index (κ2) is 10.1. The van der Waals surface area contributed by atoms with Crippen LogP contribution in [0.4, 0.5) is 4.79 Å². The topological polar surface area (TPSA) is 71.1 Å². The van der Waals surface area contributed by atoms with Gasteiger partial charge in [-0.05, 0) is 62.1 Å². The van der Waals surface area contributed by atoms with Gasteiger partial charge in [0, 0.05) is 19.2 Å². The van der Waals surface area contributed by atoms with E-state index in [-0.39, 0.29) is 11.9 Å². The number of aryl methyl sites for hydroxylation is 1. The van der Waals surface area contributed by atoms with E-state index >= 15 is 0 Å². The van der Waals surface area contributed by atoms with Crippen LogP contribution in [0.2, 0.25) is 0 Å². The Morgan fingerprint density at radius 1 is 0.969 bits per heavy atom. The molecule has 7 nitrogen and oxygen atoms in total. The number of piperidine rings is 1. The Hall–Kier alpha value is -2.28. The van der Waals surface area contributed by atoms with Crippen LogP contribution in [0.15, 0.2) is 18.2 Å². The molecule has 1 saturated carbocycles. The Balaban J connectivity index is 1.26. The van der Waals surface area contributed by atoms with Gasteiger partial charge in [0.2, 0.25) is 0 Å². The van der Waals surface area contributed by atoms with Crippen LogP contribution in [0.3, 0.4) is 0 Å². The van der Waals surface area contributed by atoms with E-state index < -0.39 is 5.54 Å². The highest BCUT2D eigenvalue weighted by atomic mass is 16.5. The van der Waals surface area contributed by atoms with Gasteiger partial charge in [-0.3, -0.25) is 9.69 Å². The Morgan fingerprint density at radius 3 is 2.19 bits per heavy atom. The highest BCUT2D eigenvalue weighted by Gasteiger charge is 2.51. The lowest BCUT2D eigenvalue weighted by atomic mass is 9.90. The molecule has 1 N–H and O–H groups in total. The number of ether oxygens (including phenoxy) is 2. The first-order chi connectivity index (χ1) is 15.5. The van der Waals surface area contributed by atoms with Crippen molar-refractivity contribution >= 4 is 11.9 Å². The van der Waals surface area contributed by atoms with E-state index in [0.29, 0.717) is 12.6 Å². The lowest BCUT2D eigenvalue weighted by Crippen LogP contribution is -2.48. The molecular formula is C25H37N3O4. The predicted octanol–water partition coefficient (Wildman–Crippen LogP) is 3.95. The maximum Gasteiger partial charge on any atom is 0.326 e. The summed E-state index contributed by atoms with van der Waals surface area (Å²) in [6.45, 7) is 2.28. The first kappa shape index (κ1) is 22.9. The molecule has 1 aliphatic carbocycles. The molecule has 3 fully saturated rings. The van der Waals surface area contributed by atoms with Gasteiger partial charge in [-0.15, -0.1) is 0 Å². The zero-order valence-electron chi connectivity index (χ0n) is 19.5. The van der Waals surface area contributed by atoms with Crippen molar-refractivity contribution in [1.82, 2.24) is 15.1 Å². The van der Waals surface area contributed by atoms with Gasteiger partial charge in [0.25, 0.3) is 5.91 Å². The van der Waals surface area contributed by atoms with Gasteiger partial charge in [0.05, 0.1) is 20.9 Å². The fourth-order valence-electron chi connectivity index (χ4n) is 5.47. The minimum absolute atomic E-state index is 0.00139. The highest BCUT2D eigenvalue weighted by molar-refractivity contribution is 6.07. The molecule has 1 spiro atoms. The van der Waals surface area contributed by atoms with Crippen LogP contribution >= 0.6 is 0 Å². The van der Waals surface area contributed by atoms with Gasteiger partial charge in [0.1, 0.15) is 17.0 Å². The van der Waals surface area contributed by atoms with E-state index in [1.165, 1.54) is 10.5 Å².